The number of nitrogens with zero attached hydrogens (tertiary/aromatic N) is 1. The molecule has 2 aromatic rings. The molecule has 0 amide bonds. The van der Waals surface area contributed by atoms with Gasteiger partial charge in [0.1, 0.15) is 0 Å². The van der Waals surface area contributed by atoms with Gasteiger partial charge in [-0.1, -0.05) is 29.8 Å². The fourth-order valence-corrected chi connectivity index (χ4v) is 2.66. The molecule has 0 aliphatic heterocycles. The Kier molecular flexibility index (Phi) is 5.52. The molecule has 0 aliphatic rings. The zero-order chi connectivity index (χ0) is 12.6. The van der Waals surface area contributed by atoms with Gasteiger partial charge in [-0.25, -0.2) is 0 Å². The molecule has 1 aromatic carbocycles. The van der Waals surface area contributed by atoms with E-state index in [1.807, 2.05) is 48.7 Å². The SMILES string of the molecule is Clc1ccccc1SCCNCc1ccccn1. The van der Waals surface area contributed by atoms with Crippen molar-refractivity contribution in [3.05, 3.63) is 59.4 Å². The lowest BCUT2D eigenvalue weighted by Crippen LogP contribution is -2.17. The highest BCUT2D eigenvalue weighted by Gasteiger charge is 1.99. The van der Waals surface area contributed by atoms with Crippen LogP contribution in [0, 0.1) is 0 Å². The predicted molar refractivity (Wildman–Crippen MR) is 78.1 cm³/mol. The van der Waals surface area contributed by atoms with Crippen LogP contribution in [0.1, 0.15) is 5.69 Å². The molecule has 0 radical (unpaired) electrons. The third-order valence-electron chi connectivity index (χ3n) is 2.41. The summed E-state index contributed by atoms with van der Waals surface area (Å²) in [4.78, 5) is 5.40. The molecule has 0 fully saturated rings. The summed E-state index contributed by atoms with van der Waals surface area (Å²) in [6, 6.07) is 13.9. The first-order valence-electron chi connectivity index (χ1n) is 5.84. The Morgan fingerprint density at radius 1 is 1.11 bits per heavy atom. The maximum atomic E-state index is 6.08. The van der Waals surface area contributed by atoms with Crippen molar-refractivity contribution >= 4 is 23.4 Å². The molecule has 0 saturated heterocycles. The molecule has 2 nitrogen and oxygen atoms in total. The van der Waals surface area contributed by atoms with E-state index in [-0.39, 0.29) is 0 Å². The monoisotopic (exact) mass is 278 g/mol. The van der Waals surface area contributed by atoms with Crippen LogP contribution in [0.15, 0.2) is 53.6 Å². The summed E-state index contributed by atoms with van der Waals surface area (Å²) < 4.78 is 0. The average molecular weight is 279 g/mol. The van der Waals surface area contributed by atoms with Crippen LogP contribution in [0.3, 0.4) is 0 Å². The number of hydrogen-bond acceptors (Lipinski definition) is 3. The van der Waals surface area contributed by atoms with Crippen LogP contribution in [0.4, 0.5) is 0 Å². The molecular weight excluding hydrogens is 264 g/mol. The number of rotatable bonds is 6. The van der Waals surface area contributed by atoms with Gasteiger partial charge in [0.25, 0.3) is 0 Å². The highest BCUT2D eigenvalue weighted by Crippen LogP contribution is 2.25. The summed E-state index contributed by atoms with van der Waals surface area (Å²) in [6.45, 7) is 1.75. The first-order chi connectivity index (χ1) is 8.86. The van der Waals surface area contributed by atoms with Crippen molar-refractivity contribution < 1.29 is 0 Å². The molecule has 0 saturated carbocycles. The van der Waals surface area contributed by atoms with E-state index >= 15 is 0 Å². The van der Waals surface area contributed by atoms with Gasteiger partial charge in [0.15, 0.2) is 0 Å². The van der Waals surface area contributed by atoms with Gasteiger partial charge < -0.3 is 5.32 Å². The van der Waals surface area contributed by atoms with Gasteiger partial charge in [-0.2, -0.15) is 0 Å². The van der Waals surface area contributed by atoms with E-state index < -0.39 is 0 Å². The number of thioether (sulfide) groups is 1. The summed E-state index contributed by atoms with van der Waals surface area (Å²) in [6.07, 6.45) is 1.81. The van der Waals surface area contributed by atoms with Gasteiger partial charge in [0.05, 0.1) is 10.7 Å². The minimum atomic E-state index is 0.809. The van der Waals surface area contributed by atoms with Crippen LogP contribution in [-0.4, -0.2) is 17.3 Å². The molecule has 0 atom stereocenters. The molecule has 1 N–H and O–H groups in total. The van der Waals surface area contributed by atoms with E-state index in [0.29, 0.717) is 0 Å². The predicted octanol–water partition coefficient (Wildman–Crippen LogP) is 3.62. The van der Waals surface area contributed by atoms with Gasteiger partial charge in [0, 0.05) is 29.9 Å². The van der Waals surface area contributed by atoms with Crippen molar-refractivity contribution in [1.82, 2.24) is 10.3 Å². The first kappa shape index (κ1) is 13.4. The molecule has 1 heterocycles. The molecule has 0 unspecified atom stereocenters. The lowest BCUT2D eigenvalue weighted by molar-refractivity contribution is 0.715. The molecule has 0 aliphatic carbocycles. The van der Waals surface area contributed by atoms with Crippen LogP contribution >= 0.6 is 23.4 Å². The maximum Gasteiger partial charge on any atom is 0.0541 e. The summed E-state index contributed by atoms with van der Waals surface area (Å²) in [5.41, 5.74) is 1.07. The van der Waals surface area contributed by atoms with Crippen molar-refractivity contribution in [2.75, 3.05) is 12.3 Å². The third kappa shape index (κ3) is 4.33. The Hall–Kier alpha value is -1.03. The quantitative estimate of drug-likeness (QED) is 0.645. The van der Waals surface area contributed by atoms with Crippen LogP contribution in [0.5, 0.6) is 0 Å². The lowest BCUT2D eigenvalue weighted by Gasteiger charge is -2.05. The second-order valence-electron chi connectivity index (χ2n) is 3.78. The van der Waals surface area contributed by atoms with Gasteiger partial charge >= 0.3 is 0 Å². The molecule has 4 heteroatoms. The second kappa shape index (κ2) is 7.41. The Bertz CT molecular complexity index is 476. The molecular formula is C14H15ClN2S. The van der Waals surface area contributed by atoms with Crippen molar-refractivity contribution in [2.45, 2.75) is 11.4 Å². The number of aromatic nitrogens is 1. The van der Waals surface area contributed by atoms with E-state index in [4.69, 9.17) is 11.6 Å². The summed E-state index contributed by atoms with van der Waals surface area (Å²) in [7, 11) is 0. The average Bonchev–Trinajstić information content (AvgIpc) is 2.42. The van der Waals surface area contributed by atoms with Crippen LogP contribution < -0.4 is 5.32 Å². The standard InChI is InChI=1S/C14H15ClN2S/c15-13-6-1-2-7-14(13)18-10-9-16-11-12-5-3-4-8-17-12/h1-8,16H,9-11H2. The minimum Gasteiger partial charge on any atom is -0.310 e. The first-order valence-corrected chi connectivity index (χ1v) is 7.20. The number of halogens is 1. The largest absolute Gasteiger partial charge is 0.310 e. The minimum absolute atomic E-state index is 0.809. The fourth-order valence-electron chi connectivity index (χ4n) is 1.51. The van der Waals surface area contributed by atoms with Gasteiger partial charge in [-0.15, -0.1) is 11.8 Å². The molecule has 18 heavy (non-hydrogen) atoms. The van der Waals surface area contributed by atoms with E-state index in [1.165, 1.54) is 0 Å². The van der Waals surface area contributed by atoms with E-state index in [0.717, 1.165) is 34.5 Å². The van der Waals surface area contributed by atoms with Gasteiger partial charge in [-0.05, 0) is 24.3 Å². The van der Waals surface area contributed by atoms with E-state index in [9.17, 15) is 0 Å². The molecule has 0 bridgehead atoms. The Labute approximate surface area is 117 Å². The highest BCUT2D eigenvalue weighted by molar-refractivity contribution is 7.99. The Morgan fingerprint density at radius 3 is 2.72 bits per heavy atom. The summed E-state index contributed by atoms with van der Waals surface area (Å²) >= 11 is 7.85. The Balaban J connectivity index is 1.66. The van der Waals surface area contributed by atoms with Crippen LogP contribution in [0.25, 0.3) is 0 Å². The highest BCUT2D eigenvalue weighted by atomic mass is 35.5. The number of pyridine rings is 1. The number of benzene rings is 1. The molecule has 94 valence electrons. The second-order valence-corrected chi connectivity index (χ2v) is 5.32. The number of nitrogens with one attached hydrogen (secondary N) is 1. The van der Waals surface area contributed by atoms with E-state index in [2.05, 4.69) is 10.3 Å². The number of hydrogen-bond donors (Lipinski definition) is 1. The van der Waals surface area contributed by atoms with Gasteiger partial charge in [-0.3, -0.25) is 4.98 Å². The Morgan fingerprint density at radius 2 is 1.94 bits per heavy atom. The van der Waals surface area contributed by atoms with Crippen molar-refractivity contribution in [3.8, 4) is 0 Å². The lowest BCUT2D eigenvalue weighted by atomic mass is 10.3. The topological polar surface area (TPSA) is 24.9 Å². The van der Waals surface area contributed by atoms with Crippen molar-refractivity contribution in [1.29, 1.82) is 0 Å². The third-order valence-corrected chi connectivity index (χ3v) is 3.92. The normalized spacial score (nSPS) is 10.5. The molecule has 0 spiro atoms. The zero-order valence-corrected chi connectivity index (χ0v) is 11.5. The molecule has 2 rings (SSSR count). The summed E-state index contributed by atoms with van der Waals surface area (Å²) in [5, 5.41) is 4.19. The van der Waals surface area contributed by atoms with Gasteiger partial charge in [0.2, 0.25) is 0 Å². The molecule has 1 aromatic heterocycles. The zero-order valence-electron chi connectivity index (χ0n) is 9.97. The van der Waals surface area contributed by atoms with Crippen LogP contribution in [0.2, 0.25) is 5.02 Å². The van der Waals surface area contributed by atoms with Crippen LogP contribution in [-0.2, 0) is 6.54 Å². The van der Waals surface area contributed by atoms with E-state index in [1.54, 1.807) is 11.8 Å². The smallest absolute Gasteiger partial charge is 0.0541 e. The van der Waals surface area contributed by atoms with Crippen molar-refractivity contribution in [3.63, 3.8) is 0 Å². The summed E-state index contributed by atoms with van der Waals surface area (Å²) in [5.74, 6) is 0.997. The fraction of sp³-hybridized carbons (Fsp3) is 0.214. The van der Waals surface area contributed by atoms with Crippen molar-refractivity contribution in [2.24, 2.45) is 0 Å². The maximum absolute atomic E-state index is 6.08.